The molecule has 1 aromatic heterocycles. The number of oxazole rings is 1. The minimum atomic E-state index is -0.212. The molecule has 0 saturated heterocycles. The van der Waals surface area contributed by atoms with Gasteiger partial charge in [-0.15, -0.1) is 0 Å². The standard InChI is InChI=1S/C16H16N2O3/c1-11-5-6-13(4-3-7-19)8-14(11)16(20)18-10-15-17-9-12(2)21-15/h5-6,8-9,19H,7,10H2,1-2H3,(H,18,20). The molecule has 0 unspecified atom stereocenters. The molecule has 1 heterocycles. The van der Waals surface area contributed by atoms with Crippen molar-refractivity contribution in [2.45, 2.75) is 20.4 Å². The predicted molar refractivity (Wildman–Crippen MR) is 77.6 cm³/mol. The van der Waals surface area contributed by atoms with E-state index in [1.54, 1.807) is 19.2 Å². The maximum atomic E-state index is 12.2. The van der Waals surface area contributed by atoms with Crippen LogP contribution in [-0.4, -0.2) is 22.6 Å². The molecule has 2 rings (SSSR count). The highest BCUT2D eigenvalue weighted by Crippen LogP contribution is 2.11. The highest BCUT2D eigenvalue weighted by molar-refractivity contribution is 5.95. The molecule has 108 valence electrons. The molecule has 0 fully saturated rings. The molecule has 0 atom stereocenters. The van der Waals surface area contributed by atoms with Crippen LogP contribution in [0.15, 0.2) is 28.8 Å². The van der Waals surface area contributed by atoms with Crippen LogP contribution in [0.4, 0.5) is 0 Å². The lowest BCUT2D eigenvalue weighted by Gasteiger charge is -2.06. The van der Waals surface area contributed by atoms with Crippen molar-refractivity contribution in [3.63, 3.8) is 0 Å². The zero-order chi connectivity index (χ0) is 15.2. The van der Waals surface area contributed by atoms with Gasteiger partial charge in [-0.05, 0) is 31.5 Å². The molecule has 5 heteroatoms. The molecule has 21 heavy (non-hydrogen) atoms. The fourth-order valence-corrected chi connectivity index (χ4v) is 1.82. The normalized spacial score (nSPS) is 9.86. The smallest absolute Gasteiger partial charge is 0.252 e. The molecule has 0 bridgehead atoms. The van der Waals surface area contributed by atoms with Crippen molar-refractivity contribution in [3.05, 3.63) is 52.7 Å². The molecular formula is C16H16N2O3. The SMILES string of the molecule is Cc1cnc(CNC(=O)c2cc(C#CCO)ccc2C)o1. The first-order valence-corrected chi connectivity index (χ1v) is 6.50. The largest absolute Gasteiger partial charge is 0.444 e. The maximum Gasteiger partial charge on any atom is 0.252 e. The highest BCUT2D eigenvalue weighted by Gasteiger charge is 2.10. The van der Waals surface area contributed by atoms with Gasteiger partial charge in [0, 0.05) is 11.1 Å². The monoisotopic (exact) mass is 284 g/mol. The summed E-state index contributed by atoms with van der Waals surface area (Å²) in [6.45, 7) is 3.68. The Balaban J connectivity index is 2.10. The molecule has 5 nitrogen and oxygen atoms in total. The molecule has 1 amide bonds. The van der Waals surface area contributed by atoms with Gasteiger partial charge in [0.1, 0.15) is 12.4 Å². The first-order chi connectivity index (χ1) is 10.1. The number of rotatable bonds is 3. The van der Waals surface area contributed by atoms with E-state index in [0.717, 1.165) is 5.56 Å². The van der Waals surface area contributed by atoms with E-state index in [1.807, 2.05) is 19.1 Å². The fourth-order valence-electron chi connectivity index (χ4n) is 1.82. The van der Waals surface area contributed by atoms with Gasteiger partial charge in [-0.1, -0.05) is 17.9 Å². The van der Waals surface area contributed by atoms with Gasteiger partial charge in [-0.2, -0.15) is 0 Å². The van der Waals surface area contributed by atoms with E-state index in [-0.39, 0.29) is 19.1 Å². The van der Waals surface area contributed by atoms with Crippen LogP contribution in [0.1, 0.15) is 33.1 Å². The number of nitrogens with one attached hydrogen (secondary N) is 1. The summed E-state index contributed by atoms with van der Waals surface area (Å²) in [5.41, 5.74) is 2.08. The van der Waals surface area contributed by atoms with Crippen molar-refractivity contribution in [1.82, 2.24) is 10.3 Å². The molecule has 0 aliphatic rings. The average Bonchev–Trinajstić information content (AvgIpc) is 2.89. The second kappa shape index (κ2) is 6.73. The minimum Gasteiger partial charge on any atom is -0.444 e. The molecular weight excluding hydrogens is 268 g/mol. The van der Waals surface area contributed by atoms with Crippen LogP contribution in [0.3, 0.4) is 0 Å². The third-order valence-electron chi connectivity index (χ3n) is 2.86. The van der Waals surface area contributed by atoms with Crippen LogP contribution in [-0.2, 0) is 6.54 Å². The number of aliphatic hydroxyl groups excluding tert-OH is 1. The van der Waals surface area contributed by atoms with Gasteiger partial charge in [0.2, 0.25) is 5.89 Å². The number of aliphatic hydroxyl groups is 1. The third kappa shape index (κ3) is 3.94. The van der Waals surface area contributed by atoms with Gasteiger partial charge in [-0.25, -0.2) is 4.98 Å². The minimum absolute atomic E-state index is 0.209. The fraction of sp³-hybridized carbons (Fsp3) is 0.250. The van der Waals surface area contributed by atoms with Crippen LogP contribution >= 0.6 is 0 Å². The van der Waals surface area contributed by atoms with Gasteiger partial charge in [0.25, 0.3) is 5.91 Å². The number of amides is 1. The third-order valence-corrected chi connectivity index (χ3v) is 2.86. The Hall–Kier alpha value is -2.58. The zero-order valence-electron chi connectivity index (χ0n) is 11.9. The molecule has 0 saturated carbocycles. The van der Waals surface area contributed by atoms with Crippen molar-refractivity contribution in [2.24, 2.45) is 0 Å². The van der Waals surface area contributed by atoms with Gasteiger partial charge in [0.05, 0.1) is 12.7 Å². The number of hydrogen-bond donors (Lipinski definition) is 2. The van der Waals surface area contributed by atoms with Crippen molar-refractivity contribution in [1.29, 1.82) is 0 Å². The molecule has 0 radical (unpaired) electrons. The summed E-state index contributed by atoms with van der Waals surface area (Å²) in [6.07, 6.45) is 1.61. The molecule has 0 aliphatic carbocycles. The number of aryl methyl sites for hydroxylation is 2. The van der Waals surface area contributed by atoms with Crippen LogP contribution in [0.5, 0.6) is 0 Å². The van der Waals surface area contributed by atoms with Crippen LogP contribution < -0.4 is 5.32 Å². The topological polar surface area (TPSA) is 75.4 Å². The van der Waals surface area contributed by atoms with Gasteiger partial charge < -0.3 is 14.8 Å². The number of carbonyl (C=O) groups excluding carboxylic acids is 1. The molecule has 2 N–H and O–H groups in total. The van der Waals surface area contributed by atoms with E-state index in [4.69, 9.17) is 9.52 Å². The molecule has 1 aromatic carbocycles. The van der Waals surface area contributed by atoms with Crippen LogP contribution in [0.25, 0.3) is 0 Å². The maximum absolute atomic E-state index is 12.2. The quantitative estimate of drug-likeness (QED) is 0.839. The van der Waals surface area contributed by atoms with E-state index in [2.05, 4.69) is 22.1 Å². The first-order valence-electron chi connectivity index (χ1n) is 6.50. The lowest BCUT2D eigenvalue weighted by atomic mass is 10.0. The second-order valence-corrected chi connectivity index (χ2v) is 4.54. The molecule has 0 spiro atoms. The number of aromatic nitrogens is 1. The van der Waals surface area contributed by atoms with Crippen LogP contribution in [0, 0.1) is 25.7 Å². The van der Waals surface area contributed by atoms with Gasteiger partial charge >= 0.3 is 0 Å². The highest BCUT2D eigenvalue weighted by atomic mass is 16.4. The van der Waals surface area contributed by atoms with E-state index in [0.29, 0.717) is 22.8 Å². The Morgan fingerprint density at radius 3 is 2.90 bits per heavy atom. The van der Waals surface area contributed by atoms with E-state index in [1.165, 1.54) is 0 Å². The van der Waals surface area contributed by atoms with Crippen molar-refractivity contribution in [3.8, 4) is 11.8 Å². The summed E-state index contributed by atoms with van der Waals surface area (Å²) in [4.78, 5) is 16.2. The van der Waals surface area contributed by atoms with Crippen molar-refractivity contribution >= 4 is 5.91 Å². The summed E-state index contributed by atoms with van der Waals surface area (Å²) in [5, 5.41) is 11.5. The number of hydrogen-bond acceptors (Lipinski definition) is 4. The summed E-state index contributed by atoms with van der Waals surface area (Å²) >= 11 is 0. The van der Waals surface area contributed by atoms with Gasteiger partial charge in [-0.3, -0.25) is 4.79 Å². The average molecular weight is 284 g/mol. The summed E-state index contributed by atoms with van der Waals surface area (Å²) in [7, 11) is 0. The Labute approximate surface area is 123 Å². The Kier molecular flexibility index (Phi) is 4.75. The zero-order valence-corrected chi connectivity index (χ0v) is 11.9. The Bertz CT molecular complexity index is 708. The van der Waals surface area contributed by atoms with E-state index in [9.17, 15) is 4.79 Å². The van der Waals surface area contributed by atoms with E-state index >= 15 is 0 Å². The predicted octanol–water partition coefficient (Wildman–Crippen LogP) is 1.57. The van der Waals surface area contributed by atoms with Gasteiger partial charge in [0.15, 0.2) is 0 Å². The summed E-state index contributed by atoms with van der Waals surface area (Å²) < 4.78 is 5.30. The first kappa shape index (κ1) is 14.8. The second-order valence-electron chi connectivity index (χ2n) is 4.54. The molecule has 0 aliphatic heterocycles. The van der Waals surface area contributed by atoms with Crippen molar-refractivity contribution < 1.29 is 14.3 Å². The Morgan fingerprint density at radius 1 is 1.43 bits per heavy atom. The van der Waals surface area contributed by atoms with Crippen LogP contribution in [0.2, 0.25) is 0 Å². The summed E-state index contributed by atoms with van der Waals surface area (Å²) in [5.74, 6) is 6.30. The lowest BCUT2D eigenvalue weighted by Crippen LogP contribution is -2.23. The Morgan fingerprint density at radius 2 is 2.24 bits per heavy atom. The van der Waals surface area contributed by atoms with E-state index < -0.39 is 0 Å². The summed E-state index contributed by atoms with van der Waals surface area (Å²) in [6, 6.07) is 5.34. The number of benzene rings is 1. The lowest BCUT2D eigenvalue weighted by molar-refractivity contribution is 0.0946. The number of carbonyl (C=O) groups is 1. The number of nitrogens with zero attached hydrogens (tertiary/aromatic N) is 1. The van der Waals surface area contributed by atoms with Crippen molar-refractivity contribution in [2.75, 3.05) is 6.61 Å². The molecule has 2 aromatic rings.